The highest BCUT2D eigenvalue weighted by molar-refractivity contribution is 7.38. The van der Waals surface area contributed by atoms with E-state index in [1.165, 1.54) is 38.5 Å². The summed E-state index contributed by atoms with van der Waals surface area (Å²) in [5, 5.41) is 0. The van der Waals surface area contributed by atoms with E-state index in [9.17, 15) is 0 Å². The zero-order valence-electron chi connectivity index (χ0n) is 9.68. The molecule has 0 atom stereocenters. The zero-order chi connectivity index (χ0) is 12.1. The van der Waals surface area contributed by atoms with Crippen molar-refractivity contribution in [2.24, 2.45) is 0 Å². The van der Waals surface area contributed by atoms with Crippen molar-refractivity contribution in [2.45, 2.75) is 38.5 Å². The molecule has 2 saturated heterocycles. The van der Waals surface area contributed by atoms with Crippen molar-refractivity contribution in [3.05, 3.63) is 0 Å². The maximum Gasteiger partial charge on any atom is 0.324 e. The summed E-state index contributed by atoms with van der Waals surface area (Å²) < 4.78 is 10.1. The minimum Gasteiger partial charge on any atom is -0.381 e. The Hall–Kier alpha value is 0.230. The van der Waals surface area contributed by atoms with Crippen LogP contribution in [-0.4, -0.2) is 41.1 Å². The lowest BCUT2D eigenvalue weighted by Gasteiger charge is -2.08. The summed E-state index contributed by atoms with van der Waals surface area (Å²) >= 11 is 0. The van der Waals surface area contributed by atoms with Crippen molar-refractivity contribution in [1.29, 1.82) is 0 Å². The van der Waals surface area contributed by atoms with E-state index in [1.54, 1.807) is 0 Å². The number of ether oxygens (including phenoxy) is 2. The van der Waals surface area contributed by atoms with Crippen LogP contribution in [-0.2, 0) is 9.47 Å². The fourth-order valence-electron chi connectivity index (χ4n) is 1.37. The van der Waals surface area contributed by atoms with Gasteiger partial charge >= 0.3 is 8.60 Å². The van der Waals surface area contributed by atoms with Crippen LogP contribution in [0.2, 0.25) is 0 Å². The summed E-state index contributed by atoms with van der Waals surface area (Å²) in [6.45, 7) is 4.00. The van der Waals surface area contributed by atoms with Crippen molar-refractivity contribution in [3.63, 3.8) is 0 Å². The van der Waals surface area contributed by atoms with Crippen molar-refractivity contribution in [2.75, 3.05) is 26.4 Å². The molecule has 98 valence electrons. The average molecular weight is 254 g/mol. The van der Waals surface area contributed by atoms with Crippen molar-refractivity contribution >= 4 is 8.60 Å². The van der Waals surface area contributed by atoms with Crippen LogP contribution in [0.25, 0.3) is 0 Å². The normalized spacial score (nSPS) is 20.2. The molecule has 5 nitrogen and oxygen atoms in total. The third-order valence-corrected chi connectivity index (χ3v) is 2.15. The summed E-state index contributed by atoms with van der Waals surface area (Å²) in [4.78, 5) is 21.7. The summed E-state index contributed by atoms with van der Waals surface area (Å²) in [7, 11) is -2.62. The van der Waals surface area contributed by atoms with Gasteiger partial charge in [-0.05, 0) is 38.5 Å². The van der Waals surface area contributed by atoms with E-state index < -0.39 is 8.60 Å². The van der Waals surface area contributed by atoms with Gasteiger partial charge in [-0.2, -0.15) is 0 Å². The summed E-state index contributed by atoms with van der Waals surface area (Å²) in [5.41, 5.74) is 0. The minimum absolute atomic E-state index is 1.00. The Labute approximate surface area is 98.4 Å². The lowest BCUT2D eigenvalue weighted by Crippen LogP contribution is -2.03. The highest BCUT2D eigenvalue weighted by atomic mass is 31.2. The third-order valence-electron chi connectivity index (χ3n) is 2.15. The van der Waals surface area contributed by atoms with Gasteiger partial charge in [0.1, 0.15) is 0 Å². The molecular weight excluding hydrogens is 231 g/mol. The lowest BCUT2D eigenvalue weighted by atomic mass is 10.2. The molecule has 6 heteroatoms. The molecule has 2 heterocycles. The molecule has 0 unspecified atom stereocenters. The Morgan fingerprint density at radius 2 is 0.812 bits per heavy atom. The van der Waals surface area contributed by atoms with Gasteiger partial charge in [0.25, 0.3) is 0 Å². The molecule has 0 aromatic heterocycles. The van der Waals surface area contributed by atoms with Crippen molar-refractivity contribution < 1.29 is 24.2 Å². The first-order valence-corrected chi connectivity index (χ1v) is 6.95. The topological polar surface area (TPSA) is 79.2 Å². The molecule has 0 spiro atoms. The Balaban J connectivity index is 0.000000217. The number of rotatable bonds is 0. The summed E-state index contributed by atoms with van der Waals surface area (Å²) in [6, 6.07) is 0. The Morgan fingerprint density at radius 1 is 0.562 bits per heavy atom. The van der Waals surface area contributed by atoms with E-state index in [0.29, 0.717) is 0 Å². The average Bonchev–Trinajstić information content (AvgIpc) is 2.34. The quantitative estimate of drug-likeness (QED) is 0.572. The fourth-order valence-corrected chi connectivity index (χ4v) is 1.37. The van der Waals surface area contributed by atoms with Gasteiger partial charge in [-0.1, -0.05) is 0 Å². The molecule has 16 heavy (non-hydrogen) atoms. The zero-order valence-corrected chi connectivity index (χ0v) is 10.6. The van der Waals surface area contributed by atoms with Gasteiger partial charge < -0.3 is 24.2 Å². The predicted molar refractivity (Wildman–Crippen MR) is 62.9 cm³/mol. The molecule has 2 aliphatic heterocycles. The molecule has 0 radical (unpaired) electrons. The van der Waals surface area contributed by atoms with Gasteiger partial charge in [0, 0.05) is 26.4 Å². The molecule has 0 aromatic carbocycles. The van der Waals surface area contributed by atoms with Crippen LogP contribution in [0.15, 0.2) is 0 Å². The predicted octanol–water partition coefficient (Wildman–Crippen LogP) is 1.56. The van der Waals surface area contributed by atoms with E-state index in [2.05, 4.69) is 0 Å². The van der Waals surface area contributed by atoms with Crippen molar-refractivity contribution in [3.8, 4) is 0 Å². The standard InChI is InChI=1S/2C5H10O.H3O3P/c2*1-2-4-6-5-3-1;1-4(2)3/h2*1-5H2;1-3H. The molecule has 0 amide bonds. The van der Waals surface area contributed by atoms with E-state index in [4.69, 9.17) is 24.2 Å². The minimum atomic E-state index is -2.62. The summed E-state index contributed by atoms with van der Waals surface area (Å²) in [5.74, 6) is 0. The number of hydrogen-bond acceptors (Lipinski definition) is 5. The second-order valence-corrected chi connectivity index (χ2v) is 4.15. The number of hydrogen-bond donors (Lipinski definition) is 3. The van der Waals surface area contributed by atoms with Crippen LogP contribution in [0.4, 0.5) is 0 Å². The van der Waals surface area contributed by atoms with Gasteiger partial charge in [0.05, 0.1) is 0 Å². The maximum absolute atomic E-state index is 7.23. The van der Waals surface area contributed by atoms with E-state index >= 15 is 0 Å². The maximum atomic E-state index is 7.23. The first kappa shape index (κ1) is 16.2. The van der Waals surface area contributed by atoms with Gasteiger partial charge in [0.15, 0.2) is 0 Å². The van der Waals surface area contributed by atoms with E-state index in [1.807, 2.05) is 0 Å². The van der Waals surface area contributed by atoms with Gasteiger partial charge in [0.2, 0.25) is 0 Å². The molecule has 0 saturated carbocycles. The molecule has 2 rings (SSSR count). The molecule has 2 fully saturated rings. The molecule has 3 N–H and O–H groups in total. The fraction of sp³-hybridized carbons (Fsp3) is 1.00. The van der Waals surface area contributed by atoms with Crippen LogP contribution in [0.1, 0.15) is 38.5 Å². The highest BCUT2D eigenvalue weighted by Gasteiger charge is 1.95. The van der Waals surface area contributed by atoms with Crippen LogP contribution in [0.5, 0.6) is 0 Å². The molecule has 0 aromatic rings. The van der Waals surface area contributed by atoms with E-state index in [0.717, 1.165) is 26.4 Å². The molecule has 0 aliphatic carbocycles. The third kappa shape index (κ3) is 16.7. The summed E-state index contributed by atoms with van der Waals surface area (Å²) in [6.07, 6.45) is 7.86. The second-order valence-electron chi connectivity index (χ2n) is 3.61. The highest BCUT2D eigenvalue weighted by Crippen LogP contribution is 2.11. The van der Waals surface area contributed by atoms with Crippen LogP contribution < -0.4 is 0 Å². The molecule has 2 aliphatic rings. The Morgan fingerprint density at radius 3 is 0.875 bits per heavy atom. The Bertz CT molecular complexity index is 88.6. The SMILES string of the molecule is C1CCOCC1.C1CCOCC1.OP(O)O. The Kier molecular flexibility index (Phi) is 13.5. The molecular formula is C10H23O5P. The second kappa shape index (κ2) is 13.3. The lowest BCUT2D eigenvalue weighted by molar-refractivity contribution is 0.0967. The van der Waals surface area contributed by atoms with Crippen LogP contribution >= 0.6 is 8.60 Å². The van der Waals surface area contributed by atoms with Gasteiger partial charge in [-0.3, -0.25) is 0 Å². The first-order chi connectivity index (χ1) is 7.73. The van der Waals surface area contributed by atoms with Crippen molar-refractivity contribution in [1.82, 2.24) is 0 Å². The van der Waals surface area contributed by atoms with E-state index in [-0.39, 0.29) is 0 Å². The first-order valence-electron chi connectivity index (χ1n) is 5.75. The largest absolute Gasteiger partial charge is 0.381 e. The monoisotopic (exact) mass is 254 g/mol. The van der Waals surface area contributed by atoms with Crippen LogP contribution in [0, 0.1) is 0 Å². The van der Waals surface area contributed by atoms with Gasteiger partial charge in [-0.15, -0.1) is 0 Å². The van der Waals surface area contributed by atoms with Gasteiger partial charge in [-0.25, -0.2) is 0 Å². The van der Waals surface area contributed by atoms with Crippen LogP contribution in [0.3, 0.4) is 0 Å². The molecule has 0 bridgehead atoms. The smallest absolute Gasteiger partial charge is 0.324 e.